The number of hydrogen-bond donors (Lipinski definition) is 1. The SMILES string of the molecule is CCC(C(=O)NC(C)c1cc(C)ccc1C)N(c1cc(C)ccc1C)S(C)(=O)=O. The van der Waals surface area contributed by atoms with Crippen LogP contribution in [-0.4, -0.2) is 26.6 Å². The maximum Gasteiger partial charge on any atom is 0.244 e. The Morgan fingerprint density at radius 3 is 2.10 bits per heavy atom. The molecule has 0 saturated heterocycles. The molecule has 0 aliphatic carbocycles. The number of benzene rings is 2. The molecule has 2 unspecified atom stereocenters. The predicted molar refractivity (Wildman–Crippen MR) is 120 cm³/mol. The Morgan fingerprint density at radius 1 is 1.00 bits per heavy atom. The summed E-state index contributed by atoms with van der Waals surface area (Å²) in [5, 5.41) is 3.03. The van der Waals surface area contributed by atoms with Crippen molar-refractivity contribution in [2.45, 2.75) is 60.0 Å². The van der Waals surface area contributed by atoms with Crippen LogP contribution in [0.5, 0.6) is 0 Å². The summed E-state index contributed by atoms with van der Waals surface area (Å²) in [4.78, 5) is 13.2. The molecule has 2 rings (SSSR count). The van der Waals surface area contributed by atoms with Crippen molar-refractivity contribution in [2.24, 2.45) is 0 Å². The first-order valence-electron chi connectivity index (χ1n) is 9.89. The second-order valence-electron chi connectivity index (χ2n) is 7.86. The number of aryl methyl sites for hydroxylation is 4. The van der Waals surface area contributed by atoms with E-state index in [1.54, 1.807) is 0 Å². The van der Waals surface area contributed by atoms with Gasteiger partial charge in [0.05, 0.1) is 18.0 Å². The predicted octanol–water partition coefficient (Wildman–Crippen LogP) is 4.34. The Bertz CT molecular complexity index is 999. The third kappa shape index (κ3) is 5.38. The molecule has 0 bridgehead atoms. The van der Waals surface area contributed by atoms with Crippen LogP contribution in [0.4, 0.5) is 5.69 Å². The topological polar surface area (TPSA) is 66.5 Å². The van der Waals surface area contributed by atoms with Crippen LogP contribution in [0.15, 0.2) is 36.4 Å². The van der Waals surface area contributed by atoms with Gasteiger partial charge < -0.3 is 5.32 Å². The van der Waals surface area contributed by atoms with Gasteiger partial charge in [-0.05, 0) is 69.4 Å². The molecule has 158 valence electrons. The van der Waals surface area contributed by atoms with E-state index in [0.717, 1.165) is 34.1 Å². The Hall–Kier alpha value is -2.34. The van der Waals surface area contributed by atoms with E-state index in [0.29, 0.717) is 12.1 Å². The number of nitrogens with zero attached hydrogens (tertiary/aromatic N) is 1. The van der Waals surface area contributed by atoms with Gasteiger partial charge in [0.15, 0.2) is 0 Å². The number of nitrogens with one attached hydrogen (secondary N) is 1. The fourth-order valence-electron chi connectivity index (χ4n) is 3.61. The molecule has 0 aromatic heterocycles. The van der Waals surface area contributed by atoms with Crippen molar-refractivity contribution in [1.29, 1.82) is 0 Å². The second kappa shape index (κ2) is 8.99. The fourth-order valence-corrected chi connectivity index (χ4v) is 4.87. The highest BCUT2D eigenvalue weighted by molar-refractivity contribution is 7.92. The number of carbonyl (C=O) groups is 1. The van der Waals surface area contributed by atoms with Crippen LogP contribution >= 0.6 is 0 Å². The molecule has 1 N–H and O–H groups in total. The summed E-state index contributed by atoms with van der Waals surface area (Å²) in [6.07, 6.45) is 1.52. The molecule has 0 aliphatic rings. The maximum absolute atomic E-state index is 13.2. The highest BCUT2D eigenvalue weighted by Crippen LogP contribution is 2.28. The van der Waals surface area contributed by atoms with Crippen LogP contribution in [0.25, 0.3) is 0 Å². The van der Waals surface area contributed by atoms with Gasteiger partial charge in [0.1, 0.15) is 6.04 Å². The zero-order valence-electron chi connectivity index (χ0n) is 18.4. The standard InChI is InChI=1S/C23H32N2O3S/c1-8-21(23(26)24-19(6)20-13-15(2)9-11-17(20)4)25(29(7,27)28)22-14-16(3)10-12-18(22)5/h9-14,19,21H,8H2,1-7H3,(H,24,26). The molecule has 6 heteroatoms. The minimum absolute atomic E-state index is 0.225. The van der Waals surface area contributed by atoms with E-state index in [1.807, 2.05) is 71.9 Å². The van der Waals surface area contributed by atoms with Crippen molar-refractivity contribution in [3.05, 3.63) is 64.2 Å². The number of rotatable bonds is 7. The molecule has 2 aromatic rings. The summed E-state index contributed by atoms with van der Waals surface area (Å²) >= 11 is 0. The molecule has 0 radical (unpaired) electrons. The smallest absolute Gasteiger partial charge is 0.244 e. The van der Waals surface area contributed by atoms with Gasteiger partial charge in [-0.2, -0.15) is 0 Å². The molecule has 0 fully saturated rings. The highest BCUT2D eigenvalue weighted by atomic mass is 32.2. The number of amides is 1. The van der Waals surface area contributed by atoms with E-state index in [1.165, 1.54) is 4.31 Å². The van der Waals surface area contributed by atoms with Gasteiger partial charge in [-0.25, -0.2) is 8.42 Å². The minimum atomic E-state index is -3.66. The number of anilines is 1. The van der Waals surface area contributed by atoms with Gasteiger partial charge in [0.25, 0.3) is 0 Å². The average Bonchev–Trinajstić information content (AvgIpc) is 2.62. The van der Waals surface area contributed by atoms with E-state index in [2.05, 4.69) is 11.4 Å². The summed E-state index contributed by atoms with van der Waals surface area (Å²) in [6, 6.07) is 10.7. The van der Waals surface area contributed by atoms with Gasteiger partial charge in [-0.3, -0.25) is 9.10 Å². The molecule has 2 aromatic carbocycles. The fraction of sp³-hybridized carbons (Fsp3) is 0.435. The van der Waals surface area contributed by atoms with Crippen molar-refractivity contribution in [2.75, 3.05) is 10.6 Å². The van der Waals surface area contributed by atoms with Gasteiger partial charge >= 0.3 is 0 Å². The molecular formula is C23H32N2O3S. The summed E-state index contributed by atoms with van der Waals surface area (Å²) in [5.74, 6) is -0.299. The number of carbonyl (C=O) groups excluding carboxylic acids is 1. The molecule has 0 aliphatic heterocycles. The first-order chi connectivity index (χ1) is 13.5. The van der Waals surface area contributed by atoms with Crippen LogP contribution in [0.3, 0.4) is 0 Å². The zero-order chi connectivity index (χ0) is 21.9. The van der Waals surface area contributed by atoms with Crippen LogP contribution in [0.2, 0.25) is 0 Å². The summed E-state index contributed by atoms with van der Waals surface area (Å²) in [7, 11) is -3.66. The highest BCUT2D eigenvalue weighted by Gasteiger charge is 2.33. The van der Waals surface area contributed by atoms with Gasteiger partial charge in [-0.15, -0.1) is 0 Å². The van der Waals surface area contributed by atoms with Crippen LogP contribution in [-0.2, 0) is 14.8 Å². The first-order valence-corrected chi connectivity index (χ1v) is 11.7. The van der Waals surface area contributed by atoms with Crippen molar-refractivity contribution in [3.8, 4) is 0 Å². The van der Waals surface area contributed by atoms with Gasteiger partial charge in [0, 0.05) is 0 Å². The molecule has 1 amide bonds. The average molecular weight is 417 g/mol. The Balaban J connectivity index is 2.41. The van der Waals surface area contributed by atoms with E-state index in [4.69, 9.17) is 0 Å². The lowest BCUT2D eigenvalue weighted by Gasteiger charge is -2.32. The summed E-state index contributed by atoms with van der Waals surface area (Å²) in [5.41, 5.74) is 5.55. The normalized spacial score (nSPS) is 13.6. The van der Waals surface area contributed by atoms with E-state index < -0.39 is 16.1 Å². The molecule has 5 nitrogen and oxygen atoms in total. The maximum atomic E-state index is 13.2. The minimum Gasteiger partial charge on any atom is -0.348 e. The molecular weight excluding hydrogens is 384 g/mol. The van der Waals surface area contributed by atoms with Gasteiger partial charge in [-0.1, -0.05) is 42.8 Å². The third-order valence-electron chi connectivity index (χ3n) is 5.19. The summed E-state index contributed by atoms with van der Waals surface area (Å²) in [6.45, 7) is 11.5. The Labute approximate surface area is 175 Å². The molecule has 0 heterocycles. The van der Waals surface area contributed by atoms with Crippen molar-refractivity contribution < 1.29 is 13.2 Å². The Morgan fingerprint density at radius 2 is 1.55 bits per heavy atom. The Kier molecular flexibility index (Phi) is 7.11. The quantitative estimate of drug-likeness (QED) is 0.730. The summed E-state index contributed by atoms with van der Waals surface area (Å²) < 4.78 is 26.7. The van der Waals surface area contributed by atoms with Crippen molar-refractivity contribution >= 4 is 21.6 Å². The monoisotopic (exact) mass is 416 g/mol. The molecule has 2 atom stereocenters. The van der Waals surface area contributed by atoms with Crippen molar-refractivity contribution in [1.82, 2.24) is 5.32 Å². The lowest BCUT2D eigenvalue weighted by Crippen LogP contribution is -2.50. The molecule has 0 saturated carbocycles. The van der Waals surface area contributed by atoms with E-state index in [9.17, 15) is 13.2 Å². The third-order valence-corrected chi connectivity index (χ3v) is 6.36. The molecule has 0 spiro atoms. The molecule has 29 heavy (non-hydrogen) atoms. The van der Waals surface area contributed by atoms with Crippen LogP contribution in [0, 0.1) is 27.7 Å². The second-order valence-corrected chi connectivity index (χ2v) is 9.72. The largest absolute Gasteiger partial charge is 0.348 e. The van der Waals surface area contributed by atoms with Crippen LogP contribution in [0.1, 0.15) is 54.1 Å². The zero-order valence-corrected chi connectivity index (χ0v) is 19.2. The lowest BCUT2D eigenvalue weighted by molar-refractivity contribution is -0.122. The van der Waals surface area contributed by atoms with Crippen LogP contribution < -0.4 is 9.62 Å². The lowest BCUT2D eigenvalue weighted by atomic mass is 9.99. The number of sulfonamides is 1. The van der Waals surface area contributed by atoms with Crippen molar-refractivity contribution in [3.63, 3.8) is 0 Å². The number of hydrogen-bond acceptors (Lipinski definition) is 3. The first kappa shape index (κ1) is 22.9. The van der Waals surface area contributed by atoms with E-state index >= 15 is 0 Å². The van der Waals surface area contributed by atoms with E-state index in [-0.39, 0.29) is 11.9 Å². The van der Waals surface area contributed by atoms with Gasteiger partial charge in [0.2, 0.25) is 15.9 Å².